The van der Waals surface area contributed by atoms with Crippen LogP contribution in [0.2, 0.25) is 5.02 Å². The molecule has 2 rings (SSSR count). The summed E-state index contributed by atoms with van der Waals surface area (Å²) in [6.45, 7) is 4.01. The average Bonchev–Trinajstić information content (AvgIpc) is 2.32. The van der Waals surface area contributed by atoms with Crippen LogP contribution in [0.15, 0.2) is 42.5 Å². The molecule has 1 nitrogen and oxygen atoms in total. The Morgan fingerprint density at radius 1 is 1.00 bits per heavy atom. The molecule has 0 saturated heterocycles. The molecule has 88 valence electrons. The Morgan fingerprint density at radius 3 is 2.41 bits per heavy atom. The highest BCUT2D eigenvalue weighted by Crippen LogP contribution is 2.30. The van der Waals surface area contributed by atoms with Crippen LogP contribution in [0, 0.1) is 13.8 Å². The number of rotatable bonds is 2. The van der Waals surface area contributed by atoms with Crippen LogP contribution in [0.3, 0.4) is 0 Å². The van der Waals surface area contributed by atoms with Gasteiger partial charge in [-0.25, -0.2) is 0 Å². The van der Waals surface area contributed by atoms with Crippen LogP contribution >= 0.6 is 11.6 Å². The first kappa shape index (κ1) is 12.2. The molecule has 0 bridgehead atoms. The van der Waals surface area contributed by atoms with Crippen molar-refractivity contribution in [2.75, 3.05) is 0 Å². The Bertz CT molecular complexity index is 534. The van der Waals surface area contributed by atoms with Gasteiger partial charge in [-0.05, 0) is 31.0 Å². The lowest BCUT2D eigenvalue weighted by Gasteiger charge is -2.16. The fraction of sp³-hybridized carbons (Fsp3) is 0.200. The smallest absolute Gasteiger partial charge is 0.106 e. The molecule has 0 unspecified atom stereocenters. The lowest BCUT2D eigenvalue weighted by molar-refractivity contribution is 0.219. The fourth-order valence-corrected chi connectivity index (χ4v) is 2.16. The van der Waals surface area contributed by atoms with E-state index < -0.39 is 6.10 Å². The van der Waals surface area contributed by atoms with Crippen LogP contribution in [0.25, 0.3) is 0 Å². The maximum atomic E-state index is 10.4. The van der Waals surface area contributed by atoms with Gasteiger partial charge in [-0.1, -0.05) is 53.6 Å². The molecule has 2 aromatic carbocycles. The van der Waals surface area contributed by atoms with Crippen LogP contribution < -0.4 is 0 Å². The van der Waals surface area contributed by atoms with Crippen LogP contribution in [0.1, 0.15) is 28.4 Å². The molecular weight excluding hydrogens is 232 g/mol. The molecule has 0 heterocycles. The van der Waals surface area contributed by atoms with Gasteiger partial charge in [-0.15, -0.1) is 0 Å². The summed E-state index contributed by atoms with van der Waals surface area (Å²) in [5.41, 5.74) is 3.88. The number of aliphatic hydroxyl groups is 1. The molecule has 0 amide bonds. The number of halogens is 1. The van der Waals surface area contributed by atoms with Gasteiger partial charge in [0.15, 0.2) is 0 Å². The van der Waals surface area contributed by atoms with Crippen molar-refractivity contribution in [1.29, 1.82) is 0 Å². The second-order valence-corrected chi connectivity index (χ2v) is 4.69. The summed E-state index contributed by atoms with van der Waals surface area (Å²) >= 11 is 6.10. The largest absolute Gasteiger partial charge is 0.384 e. The quantitative estimate of drug-likeness (QED) is 0.848. The monoisotopic (exact) mass is 246 g/mol. The van der Waals surface area contributed by atoms with E-state index in [4.69, 9.17) is 11.6 Å². The normalized spacial score (nSPS) is 12.5. The molecule has 0 aliphatic carbocycles. The standard InChI is InChI=1S/C15H15ClO/c1-10-7-8-11(2)13(9-10)15(17)12-5-3-4-6-14(12)16/h3-9,15,17H,1-2H3/t15-/m0/s1. The van der Waals surface area contributed by atoms with E-state index >= 15 is 0 Å². The van der Waals surface area contributed by atoms with Crippen molar-refractivity contribution in [1.82, 2.24) is 0 Å². The second-order valence-electron chi connectivity index (χ2n) is 4.28. The van der Waals surface area contributed by atoms with E-state index in [1.807, 2.05) is 50.2 Å². The molecule has 0 spiro atoms. The van der Waals surface area contributed by atoms with Crippen molar-refractivity contribution in [3.8, 4) is 0 Å². The van der Waals surface area contributed by atoms with Crippen molar-refractivity contribution >= 4 is 11.6 Å². The maximum absolute atomic E-state index is 10.4. The minimum atomic E-state index is -0.663. The lowest BCUT2D eigenvalue weighted by Crippen LogP contribution is -2.03. The lowest BCUT2D eigenvalue weighted by atomic mass is 9.96. The molecule has 0 saturated carbocycles. The summed E-state index contributed by atoms with van der Waals surface area (Å²) in [5.74, 6) is 0. The van der Waals surface area contributed by atoms with E-state index in [0.29, 0.717) is 5.02 Å². The third-order valence-electron chi connectivity index (χ3n) is 2.93. The Hall–Kier alpha value is -1.31. The van der Waals surface area contributed by atoms with Gasteiger partial charge < -0.3 is 5.11 Å². The molecule has 0 radical (unpaired) electrons. The Kier molecular flexibility index (Phi) is 3.51. The highest BCUT2D eigenvalue weighted by Gasteiger charge is 2.15. The van der Waals surface area contributed by atoms with Crippen LogP contribution in [-0.4, -0.2) is 5.11 Å². The van der Waals surface area contributed by atoms with Gasteiger partial charge in [0.25, 0.3) is 0 Å². The zero-order chi connectivity index (χ0) is 12.4. The number of aliphatic hydroxyl groups excluding tert-OH is 1. The first-order valence-corrected chi connectivity index (χ1v) is 5.97. The van der Waals surface area contributed by atoms with Crippen molar-refractivity contribution in [3.63, 3.8) is 0 Å². The van der Waals surface area contributed by atoms with Crippen molar-refractivity contribution in [2.24, 2.45) is 0 Å². The van der Waals surface area contributed by atoms with Gasteiger partial charge in [0, 0.05) is 10.6 Å². The molecule has 17 heavy (non-hydrogen) atoms. The molecule has 0 fully saturated rings. The first-order chi connectivity index (χ1) is 8.09. The van der Waals surface area contributed by atoms with Crippen molar-refractivity contribution < 1.29 is 5.11 Å². The minimum absolute atomic E-state index is 0.598. The predicted molar refractivity (Wildman–Crippen MR) is 71.4 cm³/mol. The highest BCUT2D eigenvalue weighted by molar-refractivity contribution is 6.31. The van der Waals surface area contributed by atoms with Crippen molar-refractivity contribution in [2.45, 2.75) is 20.0 Å². The third-order valence-corrected chi connectivity index (χ3v) is 3.27. The van der Waals surface area contributed by atoms with E-state index in [2.05, 4.69) is 0 Å². The first-order valence-electron chi connectivity index (χ1n) is 5.59. The third kappa shape index (κ3) is 2.51. The Labute approximate surface area is 107 Å². The van der Waals surface area contributed by atoms with Gasteiger partial charge in [0.1, 0.15) is 6.10 Å². The van der Waals surface area contributed by atoms with Gasteiger partial charge in [-0.2, -0.15) is 0 Å². The highest BCUT2D eigenvalue weighted by atomic mass is 35.5. The van der Waals surface area contributed by atoms with Gasteiger partial charge in [0.2, 0.25) is 0 Å². The topological polar surface area (TPSA) is 20.2 Å². The molecular formula is C15H15ClO. The molecule has 2 heteroatoms. The number of hydrogen-bond acceptors (Lipinski definition) is 1. The SMILES string of the molecule is Cc1ccc(C)c([C@@H](O)c2ccccc2Cl)c1. The Balaban J connectivity index is 2.47. The molecule has 0 aromatic heterocycles. The zero-order valence-electron chi connectivity index (χ0n) is 9.94. The molecule has 0 aliphatic heterocycles. The molecule has 0 aliphatic rings. The summed E-state index contributed by atoms with van der Waals surface area (Å²) < 4.78 is 0. The van der Waals surface area contributed by atoms with Gasteiger partial charge in [0.05, 0.1) is 0 Å². The van der Waals surface area contributed by atoms with Crippen LogP contribution in [0.5, 0.6) is 0 Å². The van der Waals surface area contributed by atoms with E-state index in [9.17, 15) is 5.11 Å². The van der Waals surface area contributed by atoms with Gasteiger partial charge in [-0.3, -0.25) is 0 Å². The Morgan fingerprint density at radius 2 is 1.71 bits per heavy atom. The molecule has 1 N–H and O–H groups in total. The average molecular weight is 247 g/mol. The number of aryl methyl sites for hydroxylation is 2. The zero-order valence-corrected chi connectivity index (χ0v) is 10.7. The summed E-state index contributed by atoms with van der Waals surface area (Å²) in [6.07, 6.45) is -0.663. The molecule has 2 aromatic rings. The second kappa shape index (κ2) is 4.91. The maximum Gasteiger partial charge on any atom is 0.106 e. The minimum Gasteiger partial charge on any atom is -0.384 e. The van der Waals surface area contributed by atoms with E-state index in [1.54, 1.807) is 6.07 Å². The summed E-state index contributed by atoms with van der Waals surface area (Å²) in [4.78, 5) is 0. The van der Waals surface area contributed by atoms with E-state index in [1.165, 1.54) is 0 Å². The summed E-state index contributed by atoms with van der Waals surface area (Å²) in [6, 6.07) is 13.5. The van der Waals surface area contributed by atoms with E-state index in [0.717, 1.165) is 22.3 Å². The van der Waals surface area contributed by atoms with Crippen LogP contribution in [-0.2, 0) is 0 Å². The summed E-state index contributed by atoms with van der Waals surface area (Å²) in [7, 11) is 0. The number of hydrogen-bond donors (Lipinski definition) is 1. The van der Waals surface area contributed by atoms with Gasteiger partial charge >= 0.3 is 0 Å². The van der Waals surface area contributed by atoms with Crippen molar-refractivity contribution in [3.05, 3.63) is 69.7 Å². The molecule has 1 atom stereocenters. The van der Waals surface area contributed by atoms with E-state index in [-0.39, 0.29) is 0 Å². The fourth-order valence-electron chi connectivity index (χ4n) is 1.92. The summed E-state index contributed by atoms with van der Waals surface area (Å²) in [5, 5.41) is 11.0. The number of benzene rings is 2. The van der Waals surface area contributed by atoms with Crippen LogP contribution in [0.4, 0.5) is 0 Å². The predicted octanol–water partition coefficient (Wildman–Crippen LogP) is 4.04.